The van der Waals surface area contributed by atoms with Crippen molar-refractivity contribution in [2.75, 3.05) is 0 Å². The first-order valence-electron chi connectivity index (χ1n) is 4.92. The van der Waals surface area contributed by atoms with Crippen molar-refractivity contribution in [2.45, 2.75) is 5.92 Å². The van der Waals surface area contributed by atoms with Crippen LogP contribution in [-0.4, -0.2) is 11.3 Å². The van der Waals surface area contributed by atoms with Gasteiger partial charge in [-0.25, -0.2) is 0 Å². The quantitative estimate of drug-likeness (QED) is 0.760. The summed E-state index contributed by atoms with van der Waals surface area (Å²) in [5, 5.41) is 0.633. The highest BCUT2D eigenvalue weighted by molar-refractivity contribution is 6.30. The van der Waals surface area contributed by atoms with Gasteiger partial charge in [-0.2, -0.15) is 0 Å². The lowest BCUT2D eigenvalue weighted by Crippen LogP contribution is -2.02. The average Bonchev–Trinajstić information content (AvgIpc) is 2.31. The lowest BCUT2D eigenvalue weighted by Gasteiger charge is -2.10. The molecule has 0 N–H and O–H groups in total. The number of hydrogen-bond donors (Lipinski definition) is 0. The number of carbonyl (C=O) groups excluding carboxylic acids is 1. The first kappa shape index (κ1) is 10.8. The van der Waals surface area contributed by atoms with Crippen LogP contribution in [0, 0.1) is 0 Å². The van der Waals surface area contributed by atoms with Gasteiger partial charge in [-0.15, -0.1) is 0 Å². The lowest BCUT2D eigenvalue weighted by atomic mass is 9.94. The molecule has 2 rings (SSSR count). The number of benzene rings is 1. The summed E-state index contributed by atoms with van der Waals surface area (Å²) >= 11 is 5.90. The molecule has 0 radical (unpaired) electrons. The van der Waals surface area contributed by atoms with Crippen LogP contribution in [0.15, 0.2) is 48.8 Å². The van der Waals surface area contributed by atoms with Gasteiger partial charge < -0.3 is 4.79 Å². The van der Waals surface area contributed by atoms with Crippen molar-refractivity contribution in [1.29, 1.82) is 0 Å². The first-order valence-corrected chi connectivity index (χ1v) is 5.30. The smallest absolute Gasteiger partial charge is 0.131 e. The molecule has 0 fully saturated rings. The third kappa shape index (κ3) is 2.28. The molecule has 1 aromatic heterocycles. The Hall–Kier alpha value is -1.67. The Bertz CT molecular complexity index is 484. The molecule has 0 aliphatic carbocycles. The van der Waals surface area contributed by atoms with Crippen molar-refractivity contribution >= 4 is 17.9 Å². The Morgan fingerprint density at radius 1 is 1.19 bits per heavy atom. The molecule has 1 atom stereocenters. The largest absolute Gasteiger partial charge is 0.302 e. The topological polar surface area (TPSA) is 30.0 Å². The third-order valence-corrected chi connectivity index (χ3v) is 2.62. The molecule has 0 bridgehead atoms. The molecule has 2 nitrogen and oxygen atoms in total. The molecule has 1 unspecified atom stereocenters. The van der Waals surface area contributed by atoms with Crippen molar-refractivity contribution in [3.8, 4) is 0 Å². The second-order valence-electron chi connectivity index (χ2n) is 3.46. The minimum Gasteiger partial charge on any atom is -0.302 e. The summed E-state index contributed by atoms with van der Waals surface area (Å²) < 4.78 is 0. The predicted octanol–water partition coefficient (Wildman–Crippen LogP) is 3.07. The van der Waals surface area contributed by atoms with Crippen LogP contribution in [0.3, 0.4) is 0 Å². The molecule has 0 saturated heterocycles. The van der Waals surface area contributed by atoms with Gasteiger partial charge >= 0.3 is 0 Å². The fourth-order valence-corrected chi connectivity index (χ4v) is 1.81. The predicted molar refractivity (Wildman–Crippen MR) is 63.6 cm³/mol. The second-order valence-corrected chi connectivity index (χ2v) is 3.89. The molecule has 0 spiro atoms. The fraction of sp³-hybridized carbons (Fsp3) is 0.0769. The van der Waals surface area contributed by atoms with Crippen LogP contribution in [-0.2, 0) is 4.79 Å². The van der Waals surface area contributed by atoms with E-state index in [1.807, 2.05) is 24.3 Å². The van der Waals surface area contributed by atoms with Gasteiger partial charge in [0.2, 0.25) is 0 Å². The Kier molecular flexibility index (Phi) is 3.32. The Morgan fingerprint density at radius 2 is 2.00 bits per heavy atom. The van der Waals surface area contributed by atoms with E-state index in [0.717, 1.165) is 17.4 Å². The number of hydrogen-bond acceptors (Lipinski definition) is 2. The van der Waals surface area contributed by atoms with Crippen molar-refractivity contribution < 1.29 is 4.79 Å². The lowest BCUT2D eigenvalue weighted by molar-refractivity contribution is -0.108. The molecular formula is C13H10ClNO. The summed E-state index contributed by atoms with van der Waals surface area (Å²) in [6, 6.07) is 11.0. The van der Waals surface area contributed by atoms with Gasteiger partial charge in [0.15, 0.2) is 0 Å². The molecule has 2 aromatic rings. The summed E-state index contributed by atoms with van der Waals surface area (Å²) in [7, 11) is 0. The van der Waals surface area contributed by atoms with Crippen LogP contribution in [0.25, 0.3) is 0 Å². The van der Waals surface area contributed by atoms with Gasteiger partial charge in [0.25, 0.3) is 0 Å². The molecular weight excluding hydrogens is 222 g/mol. The summed E-state index contributed by atoms with van der Waals surface area (Å²) in [6.07, 6.45) is 4.28. The number of aromatic nitrogens is 1. The summed E-state index contributed by atoms with van der Waals surface area (Å²) in [4.78, 5) is 15.2. The molecule has 0 saturated carbocycles. The Morgan fingerprint density at radius 3 is 2.62 bits per heavy atom. The van der Waals surface area contributed by atoms with Gasteiger partial charge in [0, 0.05) is 17.4 Å². The highest BCUT2D eigenvalue weighted by Gasteiger charge is 2.13. The standard InChI is InChI=1S/C13H10ClNO/c14-12-5-1-3-10(7-12)13(9-16)11-4-2-6-15-8-11/h1-9,13H. The number of nitrogens with zero attached hydrogens (tertiary/aromatic N) is 1. The summed E-state index contributed by atoms with van der Waals surface area (Å²) in [6.45, 7) is 0. The highest BCUT2D eigenvalue weighted by Crippen LogP contribution is 2.24. The van der Waals surface area contributed by atoms with E-state index in [1.54, 1.807) is 24.5 Å². The number of halogens is 1. The molecule has 1 heterocycles. The minimum absolute atomic E-state index is 0.299. The molecule has 0 amide bonds. The third-order valence-electron chi connectivity index (χ3n) is 2.39. The van der Waals surface area contributed by atoms with E-state index >= 15 is 0 Å². The van der Waals surface area contributed by atoms with E-state index in [0.29, 0.717) is 5.02 Å². The maximum absolute atomic E-state index is 11.1. The van der Waals surface area contributed by atoms with Gasteiger partial charge in [0.05, 0.1) is 5.92 Å². The van der Waals surface area contributed by atoms with E-state index in [4.69, 9.17) is 11.6 Å². The maximum Gasteiger partial charge on any atom is 0.131 e. The van der Waals surface area contributed by atoms with E-state index in [1.165, 1.54) is 0 Å². The van der Waals surface area contributed by atoms with E-state index < -0.39 is 0 Å². The highest BCUT2D eigenvalue weighted by atomic mass is 35.5. The minimum atomic E-state index is -0.299. The molecule has 80 valence electrons. The maximum atomic E-state index is 11.1. The molecule has 0 aliphatic heterocycles. The molecule has 16 heavy (non-hydrogen) atoms. The van der Waals surface area contributed by atoms with E-state index in [-0.39, 0.29) is 5.92 Å². The van der Waals surface area contributed by atoms with Crippen LogP contribution in [0.4, 0.5) is 0 Å². The zero-order valence-electron chi connectivity index (χ0n) is 8.51. The van der Waals surface area contributed by atoms with Crippen molar-refractivity contribution in [2.24, 2.45) is 0 Å². The van der Waals surface area contributed by atoms with Gasteiger partial charge in [-0.05, 0) is 29.3 Å². The summed E-state index contributed by atoms with van der Waals surface area (Å²) in [5.41, 5.74) is 1.76. The van der Waals surface area contributed by atoms with Crippen molar-refractivity contribution in [3.63, 3.8) is 0 Å². The van der Waals surface area contributed by atoms with Crippen LogP contribution >= 0.6 is 11.6 Å². The normalized spacial score (nSPS) is 12.1. The van der Waals surface area contributed by atoms with Crippen molar-refractivity contribution in [1.82, 2.24) is 4.98 Å². The van der Waals surface area contributed by atoms with Crippen LogP contribution < -0.4 is 0 Å². The number of pyridine rings is 1. The van der Waals surface area contributed by atoms with E-state index in [2.05, 4.69) is 4.98 Å². The van der Waals surface area contributed by atoms with Crippen LogP contribution in [0.5, 0.6) is 0 Å². The van der Waals surface area contributed by atoms with E-state index in [9.17, 15) is 4.79 Å². The zero-order chi connectivity index (χ0) is 11.4. The van der Waals surface area contributed by atoms with Gasteiger partial charge in [0.1, 0.15) is 6.29 Å². The molecule has 0 aliphatic rings. The second kappa shape index (κ2) is 4.90. The monoisotopic (exact) mass is 231 g/mol. The van der Waals surface area contributed by atoms with Gasteiger partial charge in [-0.3, -0.25) is 4.98 Å². The fourth-order valence-electron chi connectivity index (χ4n) is 1.61. The zero-order valence-corrected chi connectivity index (χ0v) is 9.26. The summed E-state index contributed by atoms with van der Waals surface area (Å²) in [5.74, 6) is -0.299. The Balaban J connectivity index is 2.41. The van der Waals surface area contributed by atoms with Crippen LogP contribution in [0.1, 0.15) is 17.0 Å². The van der Waals surface area contributed by atoms with Crippen LogP contribution in [0.2, 0.25) is 5.02 Å². The number of rotatable bonds is 3. The first-order chi connectivity index (χ1) is 7.81. The number of aldehydes is 1. The molecule has 3 heteroatoms. The van der Waals surface area contributed by atoms with Gasteiger partial charge in [-0.1, -0.05) is 29.8 Å². The SMILES string of the molecule is O=CC(c1cccnc1)c1cccc(Cl)c1. The average molecular weight is 232 g/mol. The Labute approximate surface area is 98.9 Å². The van der Waals surface area contributed by atoms with Crippen molar-refractivity contribution in [3.05, 3.63) is 64.9 Å². The number of carbonyl (C=O) groups is 1. The molecule has 1 aromatic carbocycles.